The lowest BCUT2D eigenvalue weighted by molar-refractivity contribution is -0.134. The van der Waals surface area contributed by atoms with Gasteiger partial charge in [-0.3, -0.25) is 4.79 Å². The number of aromatic nitrogens is 4. The van der Waals surface area contributed by atoms with E-state index in [4.69, 9.17) is 19.4 Å². The van der Waals surface area contributed by atoms with Gasteiger partial charge >= 0.3 is 5.97 Å². The number of carboxylic acids is 2. The Kier molecular flexibility index (Phi) is 5.73. The molecule has 0 radical (unpaired) electrons. The largest absolute Gasteiger partial charge is 0.481 e. The van der Waals surface area contributed by atoms with E-state index in [1.54, 1.807) is 12.1 Å². The Labute approximate surface area is 144 Å². The molecular weight excluding hydrogens is 354 g/mol. The number of aliphatic carboxylic acids is 1. The molecule has 0 aromatic carbocycles. The molecule has 0 spiro atoms. The number of aromatic carboxylic acids is 1. The second kappa shape index (κ2) is 7.96. The van der Waals surface area contributed by atoms with E-state index in [0.29, 0.717) is 0 Å². The van der Waals surface area contributed by atoms with Crippen LogP contribution in [0.5, 0.6) is 0 Å². The Morgan fingerprint density at radius 1 is 1.23 bits per heavy atom. The zero-order valence-electron chi connectivity index (χ0n) is 13.2. The van der Waals surface area contributed by atoms with Crippen molar-refractivity contribution in [3.05, 3.63) is 48.1 Å². The number of halogens is 2. The summed E-state index contributed by atoms with van der Waals surface area (Å²) in [5, 5.41) is 20.0. The highest BCUT2D eigenvalue weighted by Crippen LogP contribution is 2.24. The van der Waals surface area contributed by atoms with Crippen LogP contribution in [-0.2, 0) is 4.79 Å². The number of rotatable bonds is 4. The van der Waals surface area contributed by atoms with E-state index in [-0.39, 0.29) is 23.1 Å². The number of carboxylic acid groups (broad SMARTS) is 2. The Morgan fingerprint density at radius 2 is 1.92 bits per heavy atom. The molecule has 11 heteroatoms. The van der Waals surface area contributed by atoms with Crippen molar-refractivity contribution >= 4 is 11.9 Å². The summed E-state index contributed by atoms with van der Waals surface area (Å²) in [6.45, 7) is 1.08. The lowest BCUT2D eigenvalue weighted by Crippen LogP contribution is -2.07. The second-order valence-electron chi connectivity index (χ2n) is 4.73. The zero-order chi connectivity index (χ0) is 19.3. The molecular formula is C15H12F2N4O5. The first-order chi connectivity index (χ1) is 12.3. The Morgan fingerprint density at radius 3 is 2.42 bits per heavy atom. The molecule has 26 heavy (non-hydrogen) atoms. The van der Waals surface area contributed by atoms with Crippen molar-refractivity contribution in [3.8, 4) is 17.4 Å². The predicted octanol–water partition coefficient (Wildman–Crippen LogP) is 2.65. The van der Waals surface area contributed by atoms with E-state index in [1.807, 2.05) is 0 Å². The van der Waals surface area contributed by atoms with Crippen LogP contribution in [0.4, 0.5) is 8.78 Å². The van der Waals surface area contributed by atoms with E-state index in [0.717, 1.165) is 17.7 Å². The summed E-state index contributed by atoms with van der Waals surface area (Å²) in [7, 11) is 0. The van der Waals surface area contributed by atoms with Crippen molar-refractivity contribution in [2.45, 2.75) is 13.3 Å². The predicted molar refractivity (Wildman–Crippen MR) is 82.1 cm³/mol. The minimum absolute atomic E-state index is 0.151. The third kappa shape index (κ3) is 4.69. The van der Waals surface area contributed by atoms with Gasteiger partial charge in [-0.1, -0.05) is 0 Å². The van der Waals surface area contributed by atoms with Crippen molar-refractivity contribution in [1.82, 2.24) is 19.7 Å². The first-order valence-electron chi connectivity index (χ1n) is 6.97. The van der Waals surface area contributed by atoms with Gasteiger partial charge < -0.3 is 14.6 Å². The SMILES string of the molecule is CC(=O)O.O=C(O)c1ccn(-c2nc(-c3ccco3)cc(C(F)F)n2)n1. The molecule has 0 unspecified atom stereocenters. The Hall–Kier alpha value is -3.63. The molecule has 9 nitrogen and oxygen atoms in total. The second-order valence-corrected chi connectivity index (χ2v) is 4.73. The van der Waals surface area contributed by atoms with E-state index in [2.05, 4.69) is 15.1 Å². The van der Waals surface area contributed by atoms with Crippen molar-refractivity contribution < 1.29 is 33.0 Å². The summed E-state index contributed by atoms with van der Waals surface area (Å²) in [4.78, 5) is 27.6. The maximum atomic E-state index is 13.0. The number of hydrogen-bond acceptors (Lipinski definition) is 6. The quantitative estimate of drug-likeness (QED) is 0.720. The summed E-state index contributed by atoms with van der Waals surface area (Å²) in [5.74, 6) is -1.96. The molecule has 0 fully saturated rings. The van der Waals surface area contributed by atoms with Crippen LogP contribution in [0.1, 0.15) is 29.5 Å². The average Bonchev–Trinajstić information content (AvgIpc) is 3.25. The molecule has 3 rings (SSSR count). The van der Waals surface area contributed by atoms with Crippen molar-refractivity contribution in [2.24, 2.45) is 0 Å². The molecule has 0 aliphatic rings. The molecule has 0 saturated carbocycles. The maximum Gasteiger partial charge on any atom is 0.356 e. The lowest BCUT2D eigenvalue weighted by atomic mass is 10.2. The van der Waals surface area contributed by atoms with E-state index in [9.17, 15) is 13.6 Å². The molecule has 0 amide bonds. The normalized spacial score (nSPS) is 10.3. The van der Waals surface area contributed by atoms with Crippen LogP contribution in [0.3, 0.4) is 0 Å². The molecule has 0 atom stereocenters. The fourth-order valence-corrected chi connectivity index (χ4v) is 1.77. The molecule has 3 aromatic heterocycles. The first kappa shape index (κ1) is 18.7. The lowest BCUT2D eigenvalue weighted by Gasteiger charge is -2.06. The topological polar surface area (TPSA) is 131 Å². The summed E-state index contributed by atoms with van der Waals surface area (Å²) in [5.41, 5.74) is -0.605. The van der Waals surface area contributed by atoms with Gasteiger partial charge in [-0.05, 0) is 24.3 Å². The van der Waals surface area contributed by atoms with Gasteiger partial charge in [0, 0.05) is 13.1 Å². The third-order valence-corrected chi connectivity index (χ3v) is 2.74. The summed E-state index contributed by atoms with van der Waals surface area (Å²) >= 11 is 0. The minimum atomic E-state index is -2.81. The molecule has 0 saturated heterocycles. The molecule has 2 N–H and O–H groups in total. The molecule has 0 bridgehead atoms. The van der Waals surface area contributed by atoms with Crippen LogP contribution in [0.25, 0.3) is 17.4 Å². The summed E-state index contributed by atoms with van der Waals surface area (Å²) < 4.78 is 32.1. The van der Waals surface area contributed by atoms with Crippen LogP contribution < -0.4 is 0 Å². The highest BCUT2D eigenvalue weighted by Gasteiger charge is 2.17. The van der Waals surface area contributed by atoms with Crippen molar-refractivity contribution in [2.75, 3.05) is 0 Å². The smallest absolute Gasteiger partial charge is 0.356 e. The van der Waals surface area contributed by atoms with Gasteiger partial charge in [0.15, 0.2) is 11.5 Å². The standard InChI is InChI=1S/C13H8F2N4O3.C2H4O2/c14-11(15)9-6-8(10-2-1-5-22-10)16-13(17-9)19-4-3-7(18-19)12(20)21;1-2(3)4/h1-6,11H,(H,20,21);1H3,(H,3,4). The van der Waals surface area contributed by atoms with Crippen LogP contribution in [0.15, 0.2) is 41.1 Å². The molecule has 0 aliphatic heterocycles. The highest BCUT2D eigenvalue weighted by atomic mass is 19.3. The summed E-state index contributed by atoms with van der Waals surface area (Å²) in [6.07, 6.45) is -0.153. The molecule has 136 valence electrons. The van der Waals surface area contributed by atoms with Crippen LogP contribution in [0, 0.1) is 0 Å². The van der Waals surface area contributed by atoms with Crippen molar-refractivity contribution in [1.29, 1.82) is 0 Å². The molecule has 3 heterocycles. The van der Waals surface area contributed by atoms with Crippen molar-refractivity contribution in [3.63, 3.8) is 0 Å². The van der Waals surface area contributed by atoms with Gasteiger partial charge in [0.05, 0.1) is 6.26 Å². The fraction of sp³-hybridized carbons (Fsp3) is 0.133. The number of nitrogens with zero attached hydrogens (tertiary/aromatic N) is 4. The number of carbonyl (C=O) groups is 2. The van der Waals surface area contributed by atoms with Gasteiger partial charge in [0.1, 0.15) is 11.4 Å². The van der Waals surface area contributed by atoms with Gasteiger partial charge in [-0.2, -0.15) is 5.10 Å². The van der Waals surface area contributed by atoms with E-state index in [1.165, 1.54) is 18.5 Å². The van der Waals surface area contributed by atoms with Gasteiger partial charge in [0.25, 0.3) is 18.3 Å². The summed E-state index contributed by atoms with van der Waals surface area (Å²) in [6, 6.07) is 5.48. The molecule has 3 aromatic rings. The average molecular weight is 366 g/mol. The third-order valence-electron chi connectivity index (χ3n) is 2.74. The van der Waals surface area contributed by atoms with Crippen LogP contribution in [0.2, 0.25) is 0 Å². The number of furan rings is 1. The first-order valence-corrected chi connectivity index (χ1v) is 6.97. The van der Waals surface area contributed by atoms with E-state index >= 15 is 0 Å². The van der Waals surface area contributed by atoms with Crippen LogP contribution in [-0.4, -0.2) is 41.9 Å². The monoisotopic (exact) mass is 366 g/mol. The van der Waals surface area contributed by atoms with E-state index < -0.39 is 24.1 Å². The minimum Gasteiger partial charge on any atom is -0.481 e. The zero-order valence-corrected chi connectivity index (χ0v) is 13.2. The number of hydrogen-bond donors (Lipinski definition) is 2. The van der Waals surface area contributed by atoms with Gasteiger partial charge in [-0.25, -0.2) is 28.2 Å². The maximum absolute atomic E-state index is 13.0. The van der Waals surface area contributed by atoms with Gasteiger partial charge in [-0.15, -0.1) is 0 Å². The fourth-order valence-electron chi connectivity index (χ4n) is 1.77. The highest BCUT2D eigenvalue weighted by molar-refractivity contribution is 5.85. The number of alkyl halides is 2. The Balaban J connectivity index is 0.000000552. The Bertz CT molecular complexity index is 905. The van der Waals surface area contributed by atoms with Crippen LogP contribution >= 0.6 is 0 Å². The molecule has 0 aliphatic carbocycles. The van der Waals surface area contributed by atoms with Gasteiger partial charge in [0.2, 0.25) is 0 Å².